The number of benzene rings is 6. The summed E-state index contributed by atoms with van der Waals surface area (Å²) >= 11 is 0. The predicted molar refractivity (Wildman–Crippen MR) is 201 cm³/mol. The summed E-state index contributed by atoms with van der Waals surface area (Å²) < 4.78 is 0. The zero-order valence-electron chi connectivity index (χ0n) is 27.4. The molecule has 0 saturated heterocycles. The van der Waals surface area contributed by atoms with E-state index in [2.05, 4.69) is 30.4 Å². The summed E-state index contributed by atoms with van der Waals surface area (Å²) in [4.78, 5) is 31.1. The molecule has 0 aliphatic carbocycles. The molecule has 1 heterocycles. The van der Waals surface area contributed by atoms with Crippen LogP contribution in [0, 0.1) is 0 Å². The molecular weight excluding hydrogens is 652 g/mol. The third-order valence-corrected chi connectivity index (χ3v) is 8.21. The van der Waals surface area contributed by atoms with E-state index in [-0.39, 0.29) is 11.1 Å². The van der Waals surface area contributed by atoms with Gasteiger partial charge in [-0.15, -0.1) is 20.4 Å². The number of aliphatic imine (C=N–C) groups is 2. The fourth-order valence-corrected chi connectivity index (χ4v) is 5.29. The molecule has 0 aliphatic rings. The topological polar surface area (TPSA) is 151 Å². The van der Waals surface area contributed by atoms with Gasteiger partial charge >= 0.3 is 11.9 Å². The lowest BCUT2D eigenvalue weighted by atomic mass is 10.0. The second-order valence-electron chi connectivity index (χ2n) is 11.7. The molecule has 0 fully saturated rings. The van der Waals surface area contributed by atoms with Crippen LogP contribution in [0.1, 0.15) is 31.8 Å². The Morgan fingerprint density at radius 3 is 0.942 bits per heavy atom. The molecule has 0 saturated carbocycles. The summed E-state index contributed by atoms with van der Waals surface area (Å²) in [5.41, 5.74) is 9.36. The maximum Gasteiger partial charge on any atom is 0.335 e. The molecule has 2 N–H and O–H groups in total. The minimum Gasteiger partial charge on any atom is -0.478 e. The number of carbonyl (C=O) groups is 2. The van der Waals surface area contributed by atoms with Crippen molar-refractivity contribution >= 4 is 35.7 Å². The number of nitrogens with zero attached hydrogens (tertiary/aromatic N) is 6. The van der Waals surface area contributed by atoms with E-state index >= 15 is 0 Å². The smallest absolute Gasteiger partial charge is 0.335 e. The van der Waals surface area contributed by atoms with E-state index in [1.165, 1.54) is 0 Å². The Bertz CT molecular complexity index is 2220. The largest absolute Gasteiger partial charge is 0.478 e. The third-order valence-electron chi connectivity index (χ3n) is 8.21. The summed E-state index contributed by atoms with van der Waals surface area (Å²) in [6, 6.07) is 44.5. The van der Waals surface area contributed by atoms with Crippen LogP contribution in [0.4, 0.5) is 11.4 Å². The van der Waals surface area contributed by atoms with Crippen LogP contribution in [0.25, 0.3) is 45.0 Å². The molecule has 10 nitrogen and oxygen atoms in total. The van der Waals surface area contributed by atoms with Gasteiger partial charge in [-0.2, -0.15) is 0 Å². The van der Waals surface area contributed by atoms with Crippen molar-refractivity contribution in [1.82, 2.24) is 20.4 Å². The highest BCUT2D eigenvalue weighted by molar-refractivity contribution is 5.90. The van der Waals surface area contributed by atoms with Crippen molar-refractivity contribution in [3.05, 3.63) is 168 Å². The van der Waals surface area contributed by atoms with Gasteiger partial charge in [0.2, 0.25) is 11.6 Å². The van der Waals surface area contributed by atoms with E-state index in [4.69, 9.17) is 10.2 Å². The lowest BCUT2D eigenvalue weighted by Gasteiger charge is -2.06. The van der Waals surface area contributed by atoms with Crippen molar-refractivity contribution in [1.29, 1.82) is 0 Å². The van der Waals surface area contributed by atoms with E-state index < -0.39 is 11.9 Å². The number of hydrogen-bond donors (Lipinski definition) is 2. The van der Waals surface area contributed by atoms with Crippen LogP contribution >= 0.6 is 0 Å². The van der Waals surface area contributed by atoms with Crippen molar-refractivity contribution in [2.24, 2.45) is 9.98 Å². The normalized spacial score (nSPS) is 11.2. The minimum atomic E-state index is -0.958. The highest BCUT2D eigenvalue weighted by atomic mass is 16.4. The van der Waals surface area contributed by atoms with Crippen LogP contribution in [0.15, 0.2) is 156 Å². The molecule has 0 spiro atoms. The van der Waals surface area contributed by atoms with Gasteiger partial charge in [-0.1, -0.05) is 97.1 Å². The Kier molecular flexibility index (Phi) is 9.52. The zero-order valence-corrected chi connectivity index (χ0v) is 27.4. The second kappa shape index (κ2) is 15.0. The average Bonchev–Trinajstić information content (AvgIpc) is 3.20. The molecule has 10 heteroatoms. The number of carboxylic acids is 2. The highest BCUT2D eigenvalue weighted by Gasteiger charge is 2.09. The summed E-state index contributed by atoms with van der Waals surface area (Å²) in [6.07, 6.45) is 3.40. The maximum atomic E-state index is 11.0. The summed E-state index contributed by atoms with van der Waals surface area (Å²) in [7, 11) is 0. The van der Waals surface area contributed by atoms with E-state index in [1.54, 1.807) is 61.0 Å². The van der Waals surface area contributed by atoms with Gasteiger partial charge in [0.05, 0.1) is 22.5 Å². The van der Waals surface area contributed by atoms with E-state index in [9.17, 15) is 9.59 Å². The number of aromatic nitrogens is 4. The van der Waals surface area contributed by atoms with Crippen molar-refractivity contribution in [2.45, 2.75) is 0 Å². The predicted octanol–water partition coefficient (Wildman–Crippen LogP) is 8.83. The van der Waals surface area contributed by atoms with Gasteiger partial charge in [-0.25, -0.2) is 9.59 Å². The second-order valence-corrected chi connectivity index (χ2v) is 11.7. The molecule has 0 amide bonds. The molecule has 0 aliphatic heterocycles. The lowest BCUT2D eigenvalue weighted by Crippen LogP contribution is -1.99. The molecule has 52 heavy (non-hydrogen) atoms. The first-order valence-corrected chi connectivity index (χ1v) is 16.1. The van der Waals surface area contributed by atoms with Crippen LogP contribution in [0.5, 0.6) is 0 Å². The fourth-order valence-electron chi connectivity index (χ4n) is 5.29. The monoisotopic (exact) mass is 680 g/mol. The van der Waals surface area contributed by atoms with Gasteiger partial charge in [0.25, 0.3) is 0 Å². The van der Waals surface area contributed by atoms with Gasteiger partial charge in [-0.05, 0) is 81.9 Å². The molecule has 6 aromatic carbocycles. The molecule has 7 rings (SSSR count). The summed E-state index contributed by atoms with van der Waals surface area (Å²) in [6.45, 7) is 0. The number of hydrogen-bond acceptors (Lipinski definition) is 8. The van der Waals surface area contributed by atoms with Gasteiger partial charge in [-0.3, -0.25) is 9.98 Å². The van der Waals surface area contributed by atoms with Crippen molar-refractivity contribution in [3.63, 3.8) is 0 Å². The SMILES string of the molecule is O=C(O)c1ccc(C=Nc2ccc(-c3ccc(-c4nnc(-c5ccc(-c6ccc(N=Cc7ccc(C(=O)O)cc7)cc6)cc5)nn4)cc3)cc2)cc1. The van der Waals surface area contributed by atoms with E-state index in [0.29, 0.717) is 11.6 Å². The Hall–Kier alpha value is -7.46. The Morgan fingerprint density at radius 1 is 0.385 bits per heavy atom. The van der Waals surface area contributed by atoms with E-state index in [0.717, 1.165) is 55.9 Å². The van der Waals surface area contributed by atoms with Crippen LogP contribution in [0.2, 0.25) is 0 Å². The highest BCUT2D eigenvalue weighted by Crippen LogP contribution is 2.27. The first-order chi connectivity index (χ1) is 25.4. The van der Waals surface area contributed by atoms with E-state index in [1.807, 2.05) is 97.1 Å². The van der Waals surface area contributed by atoms with Gasteiger partial charge in [0.15, 0.2) is 0 Å². The molecule has 250 valence electrons. The summed E-state index contributed by atoms with van der Waals surface area (Å²) in [5.74, 6) is -1.07. The van der Waals surface area contributed by atoms with Crippen LogP contribution < -0.4 is 0 Å². The number of carboxylic acid groups (broad SMARTS) is 2. The molecule has 0 bridgehead atoms. The number of rotatable bonds is 10. The quantitative estimate of drug-likeness (QED) is 0.136. The molecule has 1 aromatic heterocycles. The molecule has 7 aromatic rings. The molecular formula is C42H28N6O4. The Morgan fingerprint density at radius 2 is 0.654 bits per heavy atom. The zero-order chi connectivity index (χ0) is 35.9. The molecule has 0 atom stereocenters. The average molecular weight is 681 g/mol. The van der Waals surface area contributed by atoms with Gasteiger partial charge in [0.1, 0.15) is 0 Å². The van der Waals surface area contributed by atoms with Gasteiger partial charge < -0.3 is 10.2 Å². The van der Waals surface area contributed by atoms with Crippen molar-refractivity contribution < 1.29 is 19.8 Å². The minimum absolute atomic E-state index is 0.237. The Balaban J connectivity index is 0.954. The van der Waals surface area contributed by atoms with Crippen molar-refractivity contribution in [3.8, 4) is 45.0 Å². The Labute approximate surface area is 298 Å². The van der Waals surface area contributed by atoms with Crippen LogP contribution in [0.3, 0.4) is 0 Å². The maximum absolute atomic E-state index is 11.0. The number of aromatic carboxylic acids is 2. The summed E-state index contributed by atoms with van der Waals surface area (Å²) in [5, 5.41) is 35.4. The molecule has 0 unspecified atom stereocenters. The first kappa shape index (κ1) is 33.1. The van der Waals surface area contributed by atoms with Gasteiger partial charge in [0, 0.05) is 23.6 Å². The standard InChI is InChI=1S/C42H28N6O4/c49-41(50)35-5-1-27(2-6-35)25-43-37-21-17-31(18-22-37)29-9-13-33(14-10-29)39-45-47-40(48-46-39)34-15-11-30(12-16-34)32-19-23-38(24-20-32)44-26-28-3-7-36(8-4-28)42(51)52/h1-26H,(H,49,50)(H,51,52). The lowest BCUT2D eigenvalue weighted by molar-refractivity contribution is 0.0686. The fraction of sp³-hybridized carbons (Fsp3) is 0. The van der Waals surface area contributed by atoms with Crippen molar-refractivity contribution in [2.75, 3.05) is 0 Å². The van der Waals surface area contributed by atoms with Crippen LogP contribution in [-0.4, -0.2) is 55.0 Å². The first-order valence-electron chi connectivity index (χ1n) is 16.1. The third kappa shape index (κ3) is 7.88. The van der Waals surface area contributed by atoms with Crippen LogP contribution in [-0.2, 0) is 0 Å². The molecule has 0 radical (unpaired) electrons.